The van der Waals surface area contributed by atoms with Gasteiger partial charge in [0.15, 0.2) is 0 Å². The van der Waals surface area contributed by atoms with Gasteiger partial charge in [-0.2, -0.15) is 8.42 Å². The second-order valence-electron chi connectivity index (χ2n) is 5.90. The second-order valence-corrected chi connectivity index (χ2v) is 7.07. The van der Waals surface area contributed by atoms with Gasteiger partial charge in [0.05, 0.1) is 0 Å². The van der Waals surface area contributed by atoms with E-state index in [1.807, 2.05) is 60.7 Å². The van der Waals surface area contributed by atoms with E-state index in [1.54, 1.807) is 0 Å². The van der Waals surface area contributed by atoms with Crippen LogP contribution in [0.3, 0.4) is 0 Å². The van der Waals surface area contributed by atoms with E-state index in [9.17, 15) is 0 Å². The predicted octanol–water partition coefficient (Wildman–Crippen LogP) is 6.61. The van der Waals surface area contributed by atoms with Gasteiger partial charge in [0.1, 0.15) is 0 Å². The monoisotopic (exact) mass is 436 g/mol. The SMILES string of the molecule is O=S=O.Sc1cccc(-c2ccccc2)c1.Sc1cccc(-c2ccccc2)c1. The van der Waals surface area contributed by atoms with E-state index in [0.717, 1.165) is 9.79 Å². The molecular weight excluding hydrogens is 416 g/mol. The maximum absolute atomic E-state index is 8.29. The molecule has 4 aromatic rings. The second kappa shape index (κ2) is 12.8. The van der Waals surface area contributed by atoms with Crippen molar-refractivity contribution < 1.29 is 8.42 Å². The first-order valence-electron chi connectivity index (χ1n) is 8.74. The van der Waals surface area contributed by atoms with Gasteiger partial charge in [0.25, 0.3) is 0 Å². The normalized spacial score (nSPS) is 9.31. The summed E-state index contributed by atoms with van der Waals surface area (Å²) >= 11 is 7.86. The quantitative estimate of drug-likeness (QED) is 0.347. The van der Waals surface area contributed by atoms with Crippen molar-refractivity contribution in [1.29, 1.82) is 0 Å². The zero-order valence-electron chi connectivity index (χ0n) is 15.5. The Labute approximate surface area is 186 Å². The maximum Gasteiger partial charge on any atom is 0.335 e. The van der Waals surface area contributed by atoms with E-state index < -0.39 is 11.6 Å². The summed E-state index contributed by atoms with van der Waals surface area (Å²) in [5.41, 5.74) is 4.90. The Kier molecular flexibility index (Phi) is 10.00. The van der Waals surface area contributed by atoms with Crippen LogP contribution in [0, 0.1) is 0 Å². The lowest BCUT2D eigenvalue weighted by molar-refractivity contribution is 0.630. The zero-order chi connectivity index (χ0) is 20.9. The lowest BCUT2D eigenvalue weighted by Crippen LogP contribution is -1.75. The van der Waals surface area contributed by atoms with E-state index in [-0.39, 0.29) is 0 Å². The van der Waals surface area contributed by atoms with E-state index >= 15 is 0 Å². The number of benzene rings is 4. The molecule has 0 aliphatic rings. The average Bonchev–Trinajstić information content (AvgIpc) is 2.76. The zero-order valence-corrected chi connectivity index (χ0v) is 18.1. The summed E-state index contributed by atoms with van der Waals surface area (Å²) < 4.78 is 16.6. The maximum atomic E-state index is 8.29. The Bertz CT molecular complexity index is 965. The molecule has 0 radical (unpaired) electrons. The molecule has 0 atom stereocenters. The number of hydrogen-bond donors (Lipinski definition) is 2. The van der Waals surface area contributed by atoms with Crippen LogP contribution in [0.15, 0.2) is 119 Å². The van der Waals surface area contributed by atoms with Gasteiger partial charge >= 0.3 is 11.6 Å². The van der Waals surface area contributed by atoms with Crippen LogP contribution in [-0.4, -0.2) is 8.42 Å². The fourth-order valence-corrected chi connectivity index (χ4v) is 3.08. The van der Waals surface area contributed by atoms with Crippen LogP contribution in [-0.2, 0) is 11.6 Å². The predicted molar refractivity (Wildman–Crippen MR) is 127 cm³/mol. The van der Waals surface area contributed by atoms with Crippen LogP contribution < -0.4 is 0 Å². The van der Waals surface area contributed by atoms with Crippen molar-refractivity contribution >= 4 is 36.8 Å². The van der Waals surface area contributed by atoms with Crippen molar-refractivity contribution in [1.82, 2.24) is 0 Å². The standard InChI is InChI=1S/2C12H10S.O2S/c2*13-12-8-4-7-11(9-12)10-5-2-1-3-6-10;1-3-2/h2*1-9,13H;. The Balaban J connectivity index is 0.000000183. The van der Waals surface area contributed by atoms with Crippen LogP contribution in [0.25, 0.3) is 22.3 Å². The van der Waals surface area contributed by atoms with Gasteiger partial charge in [0.2, 0.25) is 0 Å². The third kappa shape index (κ3) is 8.11. The Morgan fingerprint density at radius 2 is 0.759 bits per heavy atom. The smallest absolute Gasteiger partial charge is 0.168 e. The molecule has 0 bridgehead atoms. The van der Waals surface area contributed by atoms with Crippen LogP contribution in [0.5, 0.6) is 0 Å². The van der Waals surface area contributed by atoms with Crippen molar-refractivity contribution in [3.8, 4) is 22.3 Å². The average molecular weight is 437 g/mol. The minimum atomic E-state index is -0.750. The van der Waals surface area contributed by atoms with Crippen molar-refractivity contribution in [2.45, 2.75) is 9.79 Å². The molecule has 0 aliphatic carbocycles. The molecule has 29 heavy (non-hydrogen) atoms. The molecule has 0 N–H and O–H groups in total. The third-order valence-electron chi connectivity index (χ3n) is 3.91. The molecule has 146 valence electrons. The van der Waals surface area contributed by atoms with Gasteiger partial charge < -0.3 is 0 Å². The highest BCUT2D eigenvalue weighted by molar-refractivity contribution is 7.80. The minimum absolute atomic E-state index is 0.750. The highest BCUT2D eigenvalue weighted by Gasteiger charge is 1.96. The molecule has 0 unspecified atom stereocenters. The molecule has 0 spiro atoms. The molecule has 0 fully saturated rings. The van der Waals surface area contributed by atoms with Gasteiger partial charge in [0, 0.05) is 9.79 Å². The van der Waals surface area contributed by atoms with Crippen molar-refractivity contribution in [3.05, 3.63) is 109 Å². The molecule has 0 heterocycles. The van der Waals surface area contributed by atoms with E-state index in [0.29, 0.717) is 0 Å². The van der Waals surface area contributed by atoms with Gasteiger partial charge in [-0.25, -0.2) is 0 Å². The third-order valence-corrected chi connectivity index (χ3v) is 4.46. The lowest BCUT2D eigenvalue weighted by Gasteiger charge is -2.01. The van der Waals surface area contributed by atoms with Crippen molar-refractivity contribution in [3.63, 3.8) is 0 Å². The number of rotatable bonds is 2. The van der Waals surface area contributed by atoms with E-state index in [4.69, 9.17) is 8.42 Å². The Morgan fingerprint density at radius 3 is 1.07 bits per heavy atom. The minimum Gasteiger partial charge on any atom is -0.168 e. The molecule has 0 aliphatic heterocycles. The summed E-state index contributed by atoms with van der Waals surface area (Å²) in [6.07, 6.45) is 0. The topological polar surface area (TPSA) is 34.1 Å². The first kappa shape index (κ1) is 22.7. The fourth-order valence-electron chi connectivity index (χ4n) is 2.63. The van der Waals surface area contributed by atoms with Crippen LogP contribution in [0.2, 0.25) is 0 Å². The molecule has 4 aromatic carbocycles. The van der Waals surface area contributed by atoms with Gasteiger partial charge in [-0.15, -0.1) is 25.3 Å². The number of thiol groups is 2. The molecule has 2 nitrogen and oxygen atoms in total. The van der Waals surface area contributed by atoms with Gasteiger partial charge in [-0.05, 0) is 46.5 Å². The largest absolute Gasteiger partial charge is 0.335 e. The summed E-state index contributed by atoms with van der Waals surface area (Å²) in [5.74, 6) is 0. The lowest BCUT2D eigenvalue weighted by atomic mass is 10.1. The highest BCUT2D eigenvalue weighted by atomic mass is 32.1. The summed E-state index contributed by atoms with van der Waals surface area (Å²) in [7, 11) is 0. The van der Waals surface area contributed by atoms with Gasteiger partial charge in [-0.1, -0.05) is 84.9 Å². The van der Waals surface area contributed by atoms with E-state index in [2.05, 4.69) is 73.8 Å². The Morgan fingerprint density at radius 1 is 0.448 bits per heavy atom. The summed E-state index contributed by atoms with van der Waals surface area (Å²) in [4.78, 5) is 2.00. The molecular formula is C24H20O2S3. The molecule has 0 saturated carbocycles. The first-order chi connectivity index (χ1) is 14.1. The Hall–Kier alpha value is -2.60. The van der Waals surface area contributed by atoms with Crippen LogP contribution >= 0.6 is 25.3 Å². The summed E-state index contributed by atoms with van der Waals surface area (Å²) in [6.45, 7) is 0. The van der Waals surface area contributed by atoms with Crippen LogP contribution in [0.4, 0.5) is 0 Å². The fraction of sp³-hybridized carbons (Fsp3) is 0. The number of hydrogen-bond acceptors (Lipinski definition) is 4. The highest BCUT2D eigenvalue weighted by Crippen LogP contribution is 2.22. The van der Waals surface area contributed by atoms with Crippen LogP contribution in [0.1, 0.15) is 0 Å². The molecule has 0 amide bonds. The van der Waals surface area contributed by atoms with Gasteiger partial charge in [-0.3, -0.25) is 0 Å². The summed E-state index contributed by atoms with van der Waals surface area (Å²) in [5, 5.41) is 0. The molecule has 4 rings (SSSR count). The van der Waals surface area contributed by atoms with Crippen molar-refractivity contribution in [2.24, 2.45) is 0 Å². The van der Waals surface area contributed by atoms with E-state index in [1.165, 1.54) is 22.3 Å². The molecule has 0 saturated heterocycles. The summed E-state index contributed by atoms with van der Waals surface area (Å²) in [6, 6.07) is 36.9. The molecule has 0 aromatic heterocycles. The first-order valence-corrected chi connectivity index (χ1v) is 10.3. The van der Waals surface area contributed by atoms with Crippen molar-refractivity contribution in [2.75, 3.05) is 0 Å². The molecule has 5 heteroatoms.